The van der Waals surface area contributed by atoms with Crippen LogP contribution in [0, 0.1) is 0 Å². The first-order valence-corrected chi connectivity index (χ1v) is 8.73. The Morgan fingerprint density at radius 3 is 2.48 bits per heavy atom. The third kappa shape index (κ3) is 4.30. The summed E-state index contributed by atoms with van der Waals surface area (Å²) in [6.07, 6.45) is 3.05. The molecule has 0 amide bonds. The topological polar surface area (TPSA) is 42.1 Å². The van der Waals surface area contributed by atoms with Crippen molar-refractivity contribution in [2.45, 2.75) is 45.6 Å². The van der Waals surface area contributed by atoms with E-state index in [1.165, 1.54) is 10.9 Å². The Kier molecular flexibility index (Phi) is 4.93. The van der Waals surface area contributed by atoms with E-state index in [-0.39, 0.29) is 11.4 Å². The van der Waals surface area contributed by atoms with Gasteiger partial charge >= 0.3 is 5.97 Å². The number of esters is 1. The van der Waals surface area contributed by atoms with E-state index < -0.39 is 0 Å². The standard InChI is InChI=1S/C22H25NO2/c1-22(2,3)18-11-8-16(9-12-18)15-25-21(24)13-10-17-14-23-20-7-5-4-6-19(17)20/h4-9,11-12,14,23H,10,13,15H2,1-3H3. The third-order valence-corrected chi connectivity index (χ3v) is 4.49. The summed E-state index contributed by atoms with van der Waals surface area (Å²) in [4.78, 5) is 15.3. The molecule has 3 aromatic rings. The number of fused-ring (bicyclic) bond motifs is 1. The number of ether oxygens (including phenoxy) is 1. The molecular weight excluding hydrogens is 310 g/mol. The lowest BCUT2D eigenvalue weighted by Gasteiger charge is -2.19. The first kappa shape index (κ1) is 17.3. The molecule has 0 saturated carbocycles. The summed E-state index contributed by atoms with van der Waals surface area (Å²) in [7, 11) is 0. The van der Waals surface area contributed by atoms with Crippen molar-refractivity contribution >= 4 is 16.9 Å². The van der Waals surface area contributed by atoms with Crippen molar-refractivity contribution in [2.75, 3.05) is 0 Å². The van der Waals surface area contributed by atoms with Gasteiger partial charge in [-0.2, -0.15) is 0 Å². The van der Waals surface area contributed by atoms with Crippen LogP contribution in [0.5, 0.6) is 0 Å². The molecule has 25 heavy (non-hydrogen) atoms. The minimum absolute atomic E-state index is 0.133. The Bertz CT molecular complexity index is 854. The van der Waals surface area contributed by atoms with Crippen molar-refractivity contribution in [1.29, 1.82) is 0 Å². The lowest BCUT2D eigenvalue weighted by molar-refractivity contribution is -0.144. The number of para-hydroxylation sites is 1. The number of H-pyrrole nitrogens is 1. The second kappa shape index (κ2) is 7.14. The van der Waals surface area contributed by atoms with Gasteiger partial charge in [0, 0.05) is 23.5 Å². The number of carbonyl (C=O) groups is 1. The molecule has 3 heteroatoms. The highest BCUT2D eigenvalue weighted by atomic mass is 16.5. The molecule has 0 bridgehead atoms. The van der Waals surface area contributed by atoms with Crippen LogP contribution in [-0.2, 0) is 28.0 Å². The molecular formula is C22H25NO2. The van der Waals surface area contributed by atoms with E-state index in [1.54, 1.807) is 0 Å². The van der Waals surface area contributed by atoms with Gasteiger partial charge in [-0.1, -0.05) is 63.2 Å². The van der Waals surface area contributed by atoms with Crippen molar-refractivity contribution in [1.82, 2.24) is 4.98 Å². The van der Waals surface area contributed by atoms with E-state index in [0.717, 1.165) is 16.6 Å². The molecule has 0 saturated heterocycles. The number of benzene rings is 2. The van der Waals surface area contributed by atoms with Gasteiger partial charge in [-0.05, 0) is 34.6 Å². The van der Waals surface area contributed by atoms with E-state index >= 15 is 0 Å². The van der Waals surface area contributed by atoms with Crippen molar-refractivity contribution in [3.8, 4) is 0 Å². The van der Waals surface area contributed by atoms with Crippen LogP contribution >= 0.6 is 0 Å². The number of aryl methyl sites for hydroxylation is 1. The zero-order valence-electron chi connectivity index (χ0n) is 15.1. The molecule has 0 spiro atoms. The van der Waals surface area contributed by atoms with Crippen molar-refractivity contribution in [2.24, 2.45) is 0 Å². The summed E-state index contributed by atoms with van der Waals surface area (Å²) in [5, 5.41) is 1.17. The number of aromatic amines is 1. The monoisotopic (exact) mass is 335 g/mol. The van der Waals surface area contributed by atoms with Crippen LogP contribution in [0.3, 0.4) is 0 Å². The zero-order chi connectivity index (χ0) is 17.9. The third-order valence-electron chi connectivity index (χ3n) is 4.49. The van der Waals surface area contributed by atoms with E-state index in [9.17, 15) is 4.79 Å². The summed E-state index contributed by atoms with van der Waals surface area (Å²) >= 11 is 0. The number of nitrogens with one attached hydrogen (secondary N) is 1. The minimum Gasteiger partial charge on any atom is -0.461 e. The molecule has 3 nitrogen and oxygen atoms in total. The van der Waals surface area contributed by atoms with Gasteiger partial charge in [0.1, 0.15) is 6.61 Å². The fourth-order valence-electron chi connectivity index (χ4n) is 2.91. The Hall–Kier alpha value is -2.55. The van der Waals surface area contributed by atoms with Crippen LogP contribution in [0.1, 0.15) is 43.9 Å². The van der Waals surface area contributed by atoms with Gasteiger partial charge in [-0.3, -0.25) is 4.79 Å². The van der Waals surface area contributed by atoms with Crippen LogP contribution in [0.25, 0.3) is 10.9 Å². The van der Waals surface area contributed by atoms with Crippen LogP contribution in [-0.4, -0.2) is 11.0 Å². The number of hydrogen-bond donors (Lipinski definition) is 1. The lowest BCUT2D eigenvalue weighted by atomic mass is 9.87. The SMILES string of the molecule is CC(C)(C)c1ccc(COC(=O)CCc2c[nH]c3ccccc23)cc1. The fourth-order valence-corrected chi connectivity index (χ4v) is 2.91. The van der Waals surface area contributed by atoms with Gasteiger partial charge < -0.3 is 9.72 Å². The maximum Gasteiger partial charge on any atom is 0.306 e. The second-order valence-corrected chi connectivity index (χ2v) is 7.47. The van der Waals surface area contributed by atoms with E-state index in [1.807, 2.05) is 36.5 Å². The lowest BCUT2D eigenvalue weighted by Crippen LogP contribution is -2.11. The van der Waals surface area contributed by atoms with Gasteiger partial charge in [0.2, 0.25) is 0 Å². The number of rotatable bonds is 5. The maximum atomic E-state index is 12.0. The second-order valence-electron chi connectivity index (χ2n) is 7.47. The quantitative estimate of drug-likeness (QED) is 0.656. The summed E-state index contributed by atoms with van der Waals surface area (Å²) < 4.78 is 5.41. The Morgan fingerprint density at radius 2 is 1.76 bits per heavy atom. The summed E-state index contributed by atoms with van der Waals surface area (Å²) in [6.45, 7) is 6.89. The Balaban J connectivity index is 1.51. The highest BCUT2D eigenvalue weighted by Gasteiger charge is 2.13. The van der Waals surface area contributed by atoms with E-state index in [2.05, 4.69) is 44.0 Å². The molecule has 0 unspecified atom stereocenters. The molecule has 0 fully saturated rings. The molecule has 130 valence electrons. The van der Waals surface area contributed by atoms with Crippen LogP contribution in [0.2, 0.25) is 0 Å². The number of hydrogen-bond acceptors (Lipinski definition) is 2. The van der Waals surface area contributed by atoms with Crippen LogP contribution in [0.4, 0.5) is 0 Å². The van der Waals surface area contributed by atoms with Crippen LogP contribution < -0.4 is 0 Å². The van der Waals surface area contributed by atoms with Gasteiger partial charge in [0.25, 0.3) is 0 Å². The zero-order valence-corrected chi connectivity index (χ0v) is 15.1. The number of carbonyl (C=O) groups excluding carboxylic acids is 1. The molecule has 1 aromatic heterocycles. The highest BCUT2D eigenvalue weighted by Crippen LogP contribution is 2.22. The minimum atomic E-state index is -0.162. The predicted molar refractivity (Wildman–Crippen MR) is 102 cm³/mol. The molecule has 2 aromatic carbocycles. The van der Waals surface area contributed by atoms with Crippen molar-refractivity contribution < 1.29 is 9.53 Å². The first-order valence-electron chi connectivity index (χ1n) is 8.73. The summed E-state index contributed by atoms with van der Waals surface area (Å²) in [5.41, 5.74) is 4.69. The summed E-state index contributed by atoms with van der Waals surface area (Å²) in [6, 6.07) is 16.4. The average Bonchev–Trinajstić information content (AvgIpc) is 3.01. The molecule has 0 radical (unpaired) electrons. The molecule has 0 aliphatic heterocycles. The molecule has 0 atom stereocenters. The van der Waals surface area contributed by atoms with E-state index in [4.69, 9.17) is 4.74 Å². The predicted octanol–water partition coefficient (Wildman–Crippen LogP) is 5.14. The molecule has 1 N–H and O–H groups in total. The van der Waals surface area contributed by atoms with Crippen molar-refractivity contribution in [3.05, 3.63) is 71.4 Å². The van der Waals surface area contributed by atoms with Gasteiger partial charge in [0.15, 0.2) is 0 Å². The first-order chi connectivity index (χ1) is 11.9. The molecule has 0 aliphatic rings. The van der Waals surface area contributed by atoms with Crippen molar-refractivity contribution in [3.63, 3.8) is 0 Å². The van der Waals surface area contributed by atoms with Gasteiger partial charge in [-0.15, -0.1) is 0 Å². The molecule has 3 rings (SSSR count). The summed E-state index contributed by atoms with van der Waals surface area (Å²) in [5.74, 6) is -0.162. The van der Waals surface area contributed by atoms with Gasteiger partial charge in [-0.25, -0.2) is 0 Å². The average molecular weight is 335 g/mol. The maximum absolute atomic E-state index is 12.0. The smallest absolute Gasteiger partial charge is 0.306 e. The van der Waals surface area contributed by atoms with E-state index in [0.29, 0.717) is 19.4 Å². The highest BCUT2D eigenvalue weighted by molar-refractivity contribution is 5.83. The largest absolute Gasteiger partial charge is 0.461 e. The number of aromatic nitrogens is 1. The van der Waals surface area contributed by atoms with Gasteiger partial charge in [0.05, 0.1) is 0 Å². The molecule has 0 aliphatic carbocycles. The Morgan fingerprint density at radius 1 is 1.04 bits per heavy atom. The normalized spacial score (nSPS) is 11.6. The Labute approximate surface area is 149 Å². The molecule has 1 heterocycles. The van der Waals surface area contributed by atoms with Crippen LogP contribution in [0.15, 0.2) is 54.7 Å². The fraction of sp³-hybridized carbons (Fsp3) is 0.318.